The molecule has 1 aromatic heterocycles. The monoisotopic (exact) mass is 388 g/mol. The lowest BCUT2D eigenvalue weighted by molar-refractivity contribution is -0.137. The summed E-state index contributed by atoms with van der Waals surface area (Å²) in [4.78, 5) is 38.8. The summed E-state index contributed by atoms with van der Waals surface area (Å²) in [7, 11) is 0. The molecule has 3 heterocycles. The second kappa shape index (κ2) is 7.52. The molecule has 2 aliphatic heterocycles. The van der Waals surface area contributed by atoms with E-state index in [-0.39, 0.29) is 30.8 Å². The van der Waals surface area contributed by atoms with Crippen molar-refractivity contribution in [3.8, 4) is 0 Å². The molecule has 1 saturated heterocycles. The summed E-state index contributed by atoms with van der Waals surface area (Å²) in [6.45, 7) is 2.84. The van der Waals surface area contributed by atoms with E-state index >= 15 is 0 Å². The number of rotatable bonds is 4. The number of urea groups is 1. The van der Waals surface area contributed by atoms with Gasteiger partial charge < -0.3 is 15.2 Å². The fourth-order valence-electron chi connectivity index (χ4n) is 4.69. The van der Waals surface area contributed by atoms with E-state index in [1.807, 2.05) is 6.92 Å². The van der Waals surface area contributed by atoms with E-state index in [0.29, 0.717) is 6.42 Å². The zero-order valence-electron chi connectivity index (χ0n) is 16.4. The number of carbonyl (C=O) groups is 3. The smallest absolute Gasteiger partial charge is 0.325 e. The number of aromatic nitrogens is 3. The molecule has 1 spiro atoms. The first-order chi connectivity index (χ1) is 13.5. The maximum Gasteiger partial charge on any atom is 0.325 e. The van der Waals surface area contributed by atoms with Gasteiger partial charge in [0.05, 0.1) is 6.54 Å². The third-order valence-corrected chi connectivity index (χ3v) is 6.43. The maximum atomic E-state index is 12.9. The number of hydrogen-bond acceptors (Lipinski definition) is 5. The molecule has 3 aliphatic rings. The molecule has 2 unspecified atom stereocenters. The Morgan fingerprint density at radius 1 is 1.21 bits per heavy atom. The van der Waals surface area contributed by atoms with Gasteiger partial charge in [-0.2, -0.15) is 0 Å². The van der Waals surface area contributed by atoms with Crippen LogP contribution in [0.4, 0.5) is 4.79 Å². The van der Waals surface area contributed by atoms with E-state index in [9.17, 15) is 14.4 Å². The third kappa shape index (κ3) is 3.27. The molecule has 9 nitrogen and oxygen atoms in total. The van der Waals surface area contributed by atoms with Crippen molar-refractivity contribution in [1.82, 2.24) is 30.3 Å². The highest BCUT2D eigenvalue weighted by atomic mass is 16.2. The van der Waals surface area contributed by atoms with Crippen LogP contribution in [-0.2, 0) is 29.1 Å². The van der Waals surface area contributed by atoms with Gasteiger partial charge in [-0.25, -0.2) is 4.79 Å². The van der Waals surface area contributed by atoms with Crippen molar-refractivity contribution in [2.24, 2.45) is 5.92 Å². The second-order valence-corrected chi connectivity index (χ2v) is 8.21. The number of nitrogens with zero attached hydrogens (tertiary/aromatic N) is 4. The molecule has 152 valence electrons. The van der Waals surface area contributed by atoms with E-state index < -0.39 is 11.6 Å². The van der Waals surface area contributed by atoms with Crippen LogP contribution in [0.5, 0.6) is 0 Å². The van der Waals surface area contributed by atoms with Crippen LogP contribution in [0.3, 0.4) is 0 Å². The molecule has 2 N–H and O–H groups in total. The quantitative estimate of drug-likeness (QED) is 0.752. The molecule has 1 aliphatic carbocycles. The topological polar surface area (TPSA) is 109 Å². The van der Waals surface area contributed by atoms with Gasteiger partial charge in [0.1, 0.15) is 17.9 Å². The first kappa shape index (κ1) is 18.9. The summed E-state index contributed by atoms with van der Waals surface area (Å²) < 4.78 is 2.07. The van der Waals surface area contributed by atoms with E-state index in [4.69, 9.17) is 0 Å². The number of hydrogen-bond donors (Lipinski definition) is 2. The molecule has 1 saturated carbocycles. The van der Waals surface area contributed by atoms with Crippen LogP contribution < -0.4 is 10.6 Å². The van der Waals surface area contributed by atoms with Crippen molar-refractivity contribution in [3.05, 3.63) is 11.6 Å². The number of nitrogens with one attached hydrogen (secondary N) is 2. The normalized spacial score (nSPS) is 27.5. The van der Waals surface area contributed by atoms with Crippen LogP contribution in [0, 0.1) is 5.92 Å². The first-order valence-electron chi connectivity index (χ1n) is 10.3. The van der Waals surface area contributed by atoms with Gasteiger partial charge in [0, 0.05) is 13.0 Å². The van der Waals surface area contributed by atoms with Gasteiger partial charge in [-0.15, -0.1) is 10.2 Å². The summed E-state index contributed by atoms with van der Waals surface area (Å²) in [5.74, 6) is 1.13. The Morgan fingerprint density at radius 2 is 2.07 bits per heavy atom. The van der Waals surface area contributed by atoms with Crippen molar-refractivity contribution in [1.29, 1.82) is 0 Å². The van der Waals surface area contributed by atoms with Gasteiger partial charge in [0.2, 0.25) is 5.91 Å². The number of imide groups is 1. The maximum absolute atomic E-state index is 12.9. The fourth-order valence-corrected chi connectivity index (χ4v) is 4.69. The Labute approximate surface area is 164 Å². The van der Waals surface area contributed by atoms with Crippen LogP contribution in [0.2, 0.25) is 0 Å². The first-order valence-corrected chi connectivity index (χ1v) is 10.3. The van der Waals surface area contributed by atoms with E-state index in [2.05, 4.69) is 25.4 Å². The van der Waals surface area contributed by atoms with Crippen LogP contribution >= 0.6 is 0 Å². The van der Waals surface area contributed by atoms with Gasteiger partial charge in [0.15, 0.2) is 5.82 Å². The molecule has 2 fully saturated rings. The summed E-state index contributed by atoms with van der Waals surface area (Å²) in [6.07, 6.45) is 7.78. The number of fused-ring (bicyclic) bond motifs is 1. The zero-order valence-corrected chi connectivity index (χ0v) is 16.4. The molecular weight excluding hydrogens is 360 g/mol. The minimum atomic E-state index is -0.833. The average Bonchev–Trinajstić information content (AvgIpc) is 3.04. The highest BCUT2D eigenvalue weighted by Crippen LogP contribution is 2.38. The summed E-state index contributed by atoms with van der Waals surface area (Å²) >= 11 is 0. The number of aryl methyl sites for hydroxylation is 1. The summed E-state index contributed by atoms with van der Waals surface area (Å²) in [5.41, 5.74) is -0.833. The lowest BCUT2D eigenvalue weighted by atomic mass is 9.73. The highest BCUT2D eigenvalue weighted by Gasteiger charge is 2.55. The summed E-state index contributed by atoms with van der Waals surface area (Å²) in [5, 5.41) is 14.1. The number of carbonyl (C=O) groups excluding carboxylic acids is 3. The largest absolute Gasteiger partial charge is 0.347 e. The number of amides is 4. The Balaban J connectivity index is 1.37. The molecule has 4 rings (SSSR count). The third-order valence-electron chi connectivity index (χ3n) is 6.43. The second-order valence-electron chi connectivity index (χ2n) is 8.21. The Morgan fingerprint density at radius 3 is 2.89 bits per heavy atom. The molecule has 9 heteroatoms. The molecule has 0 radical (unpaired) electrons. The van der Waals surface area contributed by atoms with E-state index in [1.54, 1.807) is 0 Å². The van der Waals surface area contributed by atoms with Crippen molar-refractivity contribution in [2.45, 2.75) is 76.9 Å². The van der Waals surface area contributed by atoms with Crippen molar-refractivity contribution in [3.63, 3.8) is 0 Å². The van der Waals surface area contributed by atoms with Gasteiger partial charge in [-0.05, 0) is 31.6 Å². The van der Waals surface area contributed by atoms with Gasteiger partial charge >= 0.3 is 6.03 Å². The minimum absolute atomic E-state index is 0.0808. The predicted molar refractivity (Wildman–Crippen MR) is 100 cm³/mol. The van der Waals surface area contributed by atoms with E-state index in [0.717, 1.165) is 61.6 Å². The van der Waals surface area contributed by atoms with E-state index in [1.165, 1.54) is 6.42 Å². The van der Waals surface area contributed by atoms with Gasteiger partial charge in [-0.3, -0.25) is 14.5 Å². The molecule has 0 aromatic carbocycles. The van der Waals surface area contributed by atoms with Crippen molar-refractivity contribution < 1.29 is 14.4 Å². The zero-order chi connectivity index (χ0) is 19.7. The molecular formula is C19H28N6O3. The lowest BCUT2D eigenvalue weighted by Gasteiger charge is -2.36. The molecule has 1 aromatic rings. The Kier molecular flexibility index (Phi) is 5.07. The minimum Gasteiger partial charge on any atom is -0.347 e. The molecule has 0 bridgehead atoms. The van der Waals surface area contributed by atoms with Gasteiger partial charge in [0.25, 0.3) is 5.91 Å². The van der Waals surface area contributed by atoms with Gasteiger partial charge in [-0.1, -0.05) is 26.2 Å². The Bertz CT molecular complexity index is 791. The average molecular weight is 388 g/mol. The molecule has 28 heavy (non-hydrogen) atoms. The van der Waals surface area contributed by atoms with Crippen molar-refractivity contribution in [2.75, 3.05) is 6.54 Å². The SMILES string of the molecule is CC1CCCCC12NC(=O)N(CC(=O)NCc1nnc3n1CCCCC3)C2=O. The van der Waals surface area contributed by atoms with Crippen LogP contribution in [-0.4, -0.2) is 49.6 Å². The van der Waals surface area contributed by atoms with Crippen LogP contribution in [0.1, 0.15) is 63.5 Å². The summed E-state index contributed by atoms with van der Waals surface area (Å²) in [6, 6.07) is -0.467. The Hall–Kier alpha value is -2.45. The van der Waals surface area contributed by atoms with Crippen LogP contribution in [0.25, 0.3) is 0 Å². The molecule has 2 atom stereocenters. The predicted octanol–water partition coefficient (Wildman–Crippen LogP) is 1.12. The highest BCUT2D eigenvalue weighted by molar-refractivity contribution is 6.09. The van der Waals surface area contributed by atoms with Crippen molar-refractivity contribution >= 4 is 17.8 Å². The van der Waals surface area contributed by atoms with Crippen LogP contribution in [0.15, 0.2) is 0 Å². The lowest BCUT2D eigenvalue weighted by Crippen LogP contribution is -2.54. The molecule has 4 amide bonds. The standard InChI is InChI=1S/C19H28N6O3/c1-13-7-4-5-9-19(13)17(27)25(18(28)21-19)12-16(26)20-11-15-23-22-14-8-3-2-6-10-24(14)15/h13H,2-12H2,1H3,(H,20,26)(H,21,28). The fraction of sp³-hybridized carbons (Fsp3) is 0.737.